The second-order valence-electron chi connectivity index (χ2n) is 6.78. The highest BCUT2D eigenvalue weighted by Gasteiger charge is 2.19. The highest BCUT2D eigenvalue weighted by atomic mass is 127. The van der Waals surface area contributed by atoms with Gasteiger partial charge in [0.15, 0.2) is 5.96 Å². The molecule has 0 amide bonds. The molecule has 2 aromatic rings. The Morgan fingerprint density at radius 1 is 1.27 bits per heavy atom. The van der Waals surface area contributed by atoms with Crippen molar-refractivity contribution in [2.45, 2.75) is 59.5 Å². The third-order valence-corrected chi connectivity index (χ3v) is 3.67. The molecule has 2 N–H and O–H groups in total. The van der Waals surface area contributed by atoms with Gasteiger partial charge in [-0.05, 0) is 6.92 Å². The fraction of sp³-hybridized carbons (Fsp3) is 0.647. The molecular formula is C17H30IN7O. The Hall–Kier alpha value is -1.65. The lowest BCUT2D eigenvalue weighted by atomic mass is 9.94. The van der Waals surface area contributed by atoms with Gasteiger partial charge in [-0.2, -0.15) is 0 Å². The number of aliphatic imine (C=N–C) groups is 1. The number of rotatable bonds is 7. The van der Waals surface area contributed by atoms with Crippen LogP contribution in [0.3, 0.4) is 0 Å². The Bertz CT molecular complexity index is 687. The number of hydrogen-bond donors (Lipinski definition) is 2. The van der Waals surface area contributed by atoms with Gasteiger partial charge >= 0.3 is 0 Å². The fourth-order valence-corrected chi connectivity index (χ4v) is 2.25. The van der Waals surface area contributed by atoms with Crippen LogP contribution in [0.5, 0.6) is 0 Å². The summed E-state index contributed by atoms with van der Waals surface area (Å²) < 4.78 is 7.82. The summed E-state index contributed by atoms with van der Waals surface area (Å²) in [5.41, 5.74) is -0.0481. The van der Waals surface area contributed by atoms with Crippen LogP contribution < -0.4 is 10.6 Å². The number of oxazole rings is 1. The van der Waals surface area contributed by atoms with Crippen molar-refractivity contribution < 1.29 is 4.42 Å². The number of nitrogens with one attached hydrogen (secondary N) is 2. The Balaban J connectivity index is 0.00000338. The molecule has 0 aliphatic rings. The molecule has 0 atom stereocenters. The van der Waals surface area contributed by atoms with E-state index in [2.05, 4.69) is 58.5 Å². The quantitative estimate of drug-likeness (QED) is 0.363. The molecule has 0 saturated heterocycles. The van der Waals surface area contributed by atoms with Crippen molar-refractivity contribution in [1.29, 1.82) is 0 Å². The Kier molecular flexibility index (Phi) is 9.03. The van der Waals surface area contributed by atoms with E-state index in [4.69, 9.17) is 4.42 Å². The van der Waals surface area contributed by atoms with Crippen molar-refractivity contribution in [3.63, 3.8) is 0 Å². The number of nitrogens with zero attached hydrogens (tertiary/aromatic N) is 5. The molecule has 0 saturated carbocycles. The SMILES string of the molecule is CCNC(=NCc1ncc(C(C)(C)C)o1)NCCn1cnnc1CC.I. The maximum absolute atomic E-state index is 5.78. The molecule has 0 aromatic carbocycles. The van der Waals surface area contributed by atoms with E-state index in [1.807, 2.05) is 11.5 Å². The molecule has 2 heterocycles. The van der Waals surface area contributed by atoms with Gasteiger partial charge in [-0.15, -0.1) is 34.2 Å². The molecule has 8 nitrogen and oxygen atoms in total. The van der Waals surface area contributed by atoms with Crippen molar-refractivity contribution in [3.05, 3.63) is 30.0 Å². The van der Waals surface area contributed by atoms with Gasteiger partial charge in [-0.3, -0.25) is 0 Å². The predicted octanol–water partition coefficient (Wildman–Crippen LogP) is 2.50. The molecule has 2 rings (SSSR count). The lowest BCUT2D eigenvalue weighted by Gasteiger charge is -2.13. The zero-order valence-corrected chi connectivity index (χ0v) is 18.6. The zero-order valence-electron chi connectivity index (χ0n) is 16.2. The lowest BCUT2D eigenvalue weighted by Crippen LogP contribution is -2.38. The molecule has 0 aliphatic carbocycles. The molecular weight excluding hydrogens is 445 g/mol. The van der Waals surface area contributed by atoms with Crippen LogP contribution in [0.2, 0.25) is 0 Å². The highest BCUT2D eigenvalue weighted by molar-refractivity contribution is 14.0. The Morgan fingerprint density at radius 2 is 2.04 bits per heavy atom. The second kappa shape index (κ2) is 10.5. The molecule has 0 fully saturated rings. The maximum atomic E-state index is 5.78. The summed E-state index contributed by atoms with van der Waals surface area (Å²) in [5, 5.41) is 14.6. The lowest BCUT2D eigenvalue weighted by molar-refractivity contribution is 0.383. The summed E-state index contributed by atoms with van der Waals surface area (Å²) in [5.74, 6) is 3.21. The van der Waals surface area contributed by atoms with Gasteiger partial charge < -0.3 is 19.6 Å². The first-order chi connectivity index (χ1) is 11.9. The third-order valence-electron chi connectivity index (χ3n) is 3.67. The van der Waals surface area contributed by atoms with Gasteiger partial charge in [0.1, 0.15) is 24.5 Å². The maximum Gasteiger partial charge on any atom is 0.216 e. The standard InChI is InChI=1S/C17H29N7O.HI/c1-6-14-23-22-12-24(14)9-8-19-16(18-7-2)21-11-15-20-10-13(25-15)17(3,4)5;/h10,12H,6-9,11H2,1-5H3,(H2,18,19,21);1H. The van der Waals surface area contributed by atoms with E-state index in [9.17, 15) is 0 Å². The van der Waals surface area contributed by atoms with Gasteiger partial charge in [-0.25, -0.2) is 9.98 Å². The van der Waals surface area contributed by atoms with Gasteiger partial charge in [0.2, 0.25) is 5.89 Å². The van der Waals surface area contributed by atoms with Crippen LogP contribution in [-0.4, -0.2) is 38.8 Å². The Morgan fingerprint density at radius 3 is 2.65 bits per heavy atom. The number of aromatic nitrogens is 4. The summed E-state index contributed by atoms with van der Waals surface area (Å²) in [6, 6.07) is 0. The molecule has 0 radical (unpaired) electrons. The van der Waals surface area contributed by atoms with E-state index in [1.54, 1.807) is 12.5 Å². The van der Waals surface area contributed by atoms with Crippen LogP contribution in [-0.2, 0) is 24.9 Å². The predicted molar refractivity (Wildman–Crippen MR) is 113 cm³/mol. The Labute approximate surface area is 172 Å². The largest absolute Gasteiger partial charge is 0.443 e. The average Bonchev–Trinajstić information content (AvgIpc) is 3.21. The molecule has 2 aromatic heterocycles. The first-order valence-electron chi connectivity index (χ1n) is 8.78. The van der Waals surface area contributed by atoms with E-state index in [0.29, 0.717) is 12.4 Å². The van der Waals surface area contributed by atoms with Gasteiger partial charge in [0.25, 0.3) is 0 Å². The van der Waals surface area contributed by atoms with E-state index in [-0.39, 0.29) is 29.4 Å². The monoisotopic (exact) mass is 475 g/mol. The minimum absolute atomic E-state index is 0. The summed E-state index contributed by atoms with van der Waals surface area (Å²) >= 11 is 0. The minimum Gasteiger partial charge on any atom is -0.443 e. The average molecular weight is 475 g/mol. The van der Waals surface area contributed by atoms with E-state index >= 15 is 0 Å². The first kappa shape index (κ1) is 22.4. The van der Waals surface area contributed by atoms with E-state index < -0.39 is 0 Å². The van der Waals surface area contributed by atoms with Gasteiger partial charge in [0.05, 0.1) is 6.20 Å². The second-order valence-corrected chi connectivity index (χ2v) is 6.78. The zero-order chi connectivity index (χ0) is 18.3. The summed E-state index contributed by atoms with van der Waals surface area (Å²) in [6.45, 7) is 13.1. The molecule has 0 unspecified atom stereocenters. The minimum atomic E-state index is -0.0481. The van der Waals surface area contributed by atoms with Crippen molar-refractivity contribution in [2.75, 3.05) is 13.1 Å². The van der Waals surface area contributed by atoms with Gasteiger partial charge in [-0.1, -0.05) is 27.7 Å². The van der Waals surface area contributed by atoms with E-state index in [1.165, 1.54) is 0 Å². The third kappa shape index (κ3) is 6.58. The van der Waals surface area contributed by atoms with Crippen LogP contribution in [0.1, 0.15) is 52.1 Å². The fourth-order valence-electron chi connectivity index (χ4n) is 2.25. The normalized spacial score (nSPS) is 12.0. The molecule has 0 spiro atoms. The summed E-state index contributed by atoms with van der Waals surface area (Å²) in [4.78, 5) is 8.85. The number of halogens is 1. The van der Waals surface area contributed by atoms with Crippen molar-refractivity contribution in [3.8, 4) is 0 Å². The highest BCUT2D eigenvalue weighted by Crippen LogP contribution is 2.22. The van der Waals surface area contributed by atoms with Crippen molar-refractivity contribution in [2.24, 2.45) is 4.99 Å². The smallest absolute Gasteiger partial charge is 0.216 e. The topological polar surface area (TPSA) is 93.2 Å². The molecule has 9 heteroatoms. The van der Waals surface area contributed by atoms with Crippen LogP contribution in [0, 0.1) is 0 Å². The van der Waals surface area contributed by atoms with Gasteiger partial charge in [0, 0.05) is 31.5 Å². The molecule has 0 bridgehead atoms. The van der Waals surface area contributed by atoms with Crippen molar-refractivity contribution in [1.82, 2.24) is 30.4 Å². The number of aryl methyl sites for hydroxylation is 1. The molecule has 146 valence electrons. The number of hydrogen-bond acceptors (Lipinski definition) is 5. The summed E-state index contributed by atoms with van der Waals surface area (Å²) in [7, 11) is 0. The molecule has 0 aliphatic heterocycles. The van der Waals surface area contributed by atoms with Crippen molar-refractivity contribution >= 4 is 29.9 Å². The first-order valence-corrected chi connectivity index (χ1v) is 8.78. The van der Waals surface area contributed by atoms with Crippen LogP contribution >= 0.6 is 24.0 Å². The van der Waals surface area contributed by atoms with Crippen LogP contribution in [0.25, 0.3) is 0 Å². The van der Waals surface area contributed by atoms with Crippen LogP contribution in [0.4, 0.5) is 0 Å². The number of guanidine groups is 1. The summed E-state index contributed by atoms with van der Waals surface area (Å²) in [6.07, 6.45) is 4.41. The van der Waals surface area contributed by atoms with E-state index in [0.717, 1.165) is 43.6 Å². The molecule has 26 heavy (non-hydrogen) atoms. The van der Waals surface area contributed by atoms with Crippen LogP contribution in [0.15, 0.2) is 21.9 Å².